The van der Waals surface area contributed by atoms with Crippen LogP contribution in [0.1, 0.15) is 12.8 Å². The van der Waals surface area contributed by atoms with Crippen LogP contribution in [0.2, 0.25) is 0 Å². The number of oxazole rings is 1. The lowest BCUT2D eigenvalue weighted by Crippen LogP contribution is -2.43. The van der Waals surface area contributed by atoms with Crippen LogP contribution in [0.15, 0.2) is 56.6 Å². The first-order valence-electron chi connectivity index (χ1n) is 9.85. The summed E-state index contributed by atoms with van der Waals surface area (Å²) in [6.07, 6.45) is 1.14. The standard InChI is InChI=1S/C21H23N3O6S/c1-23-17-10-9-15(12-19(17)30-21(23)26)31(27,28)24-11-5-6-14(13-24)20(25)22-16-7-3-4-8-18(16)29-2/h3-4,7-10,12,14H,5-6,11,13H2,1-2H3,(H,22,25)/t14-/m1/s1. The minimum atomic E-state index is -3.85. The molecule has 3 aromatic rings. The van der Waals surface area contributed by atoms with Crippen molar-refractivity contribution in [1.29, 1.82) is 0 Å². The Morgan fingerprint density at radius 1 is 1.23 bits per heavy atom. The predicted molar refractivity (Wildman–Crippen MR) is 115 cm³/mol. The average molecular weight is 445 g/mol. The van der Waals surface area contributed by atoms with E-state index in [2.05, 4.69) is 5.32 Å². The molecule has 0 aliphatic carbocycles. The number of hydrogen-bond acceptors (Lipinski definition) is 6. The Kier molecular flexibility index (Phi) is 5.59. The van der Waals surface area contributed by atoms with E-state index in [9.17, 15) is 18.0 Å². The highest BCUT2D eigenvalue weighted by atomic mass is 32.2. The molecule has 1 saturated heterocycles. The van der Waals surface area contributed by atoms with Crippen molar-refractivity contribution >= 4 is 32.7 Å². The van der Waals surface area contributed by atoms with Crippen LogP contribution in [-0.4, -0.2) is 43.4 Å². The molecular formula is C21H23N3O6S. The van der Waals surface area contributed by atoms with E-state index in [4.69, 9.17) is 9.15 Å². The molecule has 1 N–H and O–H groups in total. The molecule has 1 aliphatic rings. The zero-order valence-corrected chi connectivity index (χ0v) is 18.0. The highest BCUT2D eigenvalue weighted by Gasteiger charge is 2.34. The number of hydrogen-bond donors (Lipinski definition) is 1. The van der Waals surface area contributed by atoms with Gasteiger partial charge in [-0.05, 0) is 37.1 Å². The molecule has 0 saturated carbocycles. The van der Waals surface area contributed by atoms with E-state index < -0.39 is 21.7 Å². The van der Waals surface area contributed by atoms with Gasteiger partial charge in [0.15, 0.2) is 5.58 Å². The van der Waals surface area contributed by atoms with Gasteiger partial charge < -0.3 is 14.5 Å². The summed E-state index contributed by atoms with van der Waals surface area (Å²) in [5, 5.41) is 2.84. The van der Waals surface area contributed by atoms with E-state index in [-0.39, 0.29) is 22.9 Å². The van der Waals surface area contributed by atoms with E-state index >= 15 is 0 Å². The van der Waals surface area contributed by atoms with Crippen molar-refractivity contribution in [3.8, 4) is 5.75 Å². The molecule has 31 heavy (non-hydrogen) atoms. The second kappa shape index (κ2) is 8.20. The third-order valence-corrected chi connectivity index (χ3v) is 7.38. The topological polar surface area (TPSA) is 111 Å². The summed E-state index contributed by atoms with van der Waals surface area (Å²) in [7, 11) is -0.779. The third-order valence-electron chi connectivity index (χ3n) is 5.52. The lowest BCUT2D eigenvalue weighted by molar-refractivity contribution is -0.120. The van der Waals surface area contributed by atoms with Crippen molar-refractivity contribution in [3.63, 3.8) is 0 Å². The van der Waals surface area contributed by atoms with Crippen LogP contribution >= 0.6 is 0 Å². The minimum absolute atomic E-state index is 0.0279. The van der Waals surface area contributed by atoms with E-state index in [1.807, 2.05) is 0 Å². The van der Waals surface area contributed by atoms with Crippen molar-refractivity contribution in [2.45, 2.75) is 17.7 Å². The van der Waals surface area contributed by atoms with Crippen LogP contribution in [0, 0.1) is 5.92 Å². The Hall–Kier alpha value is -3.11. The zero-order chi connectivity index (χ0) is 22.2. The molecule has 0 spiro atoms. The van der Waals surface area contributed by atoms with Gasteiger partial charge in [0.05, 0.1) is 29.1 Å². The Morgan fingerprint density at radius 3 is 2.77 bits per heavy atom. The van der Waals surface area contributed by atoms with E-state index in [1.54, 1.807) is 37.4 Å². The summed E-state index contributed by atoms with van der Waals surface area (Å²) >= 11 is 0. The number of methoxy groups -OCH3 is 1. The number of para-hydroxylation sites is 2. The number of anilines is 1. The van der Waals surface area contributed by atoms with Crippen LogP contribution in [0.25, 0.3) is 11.1 Å². The van der Waals surface area contributed by atoms with Crippen LogP contribution < -0.4 is 15.8 Å². The number of rotatable bonds is 5. The number of nitrogens with zero attached hydrogens (tertiary/aromatic N) is 2. The second-order valence-corrected chi connectivity index (χ2v) is 9.39. The molecule has 164 valence electrons. The maximum Gasteiger partial charge on any atom is 0.419 e. The molecular weight excluding hydrogens is 422 g/mol. The number of sulfonamides is 1. The van der Waals surface area contributed by atoms with Gasteiger partial charge in [0.25, 0.3) is 0 Å². The number of ether oxygens (including phenoxy) is 1. The molecule has 0 bridgehead atoms. The first kappa shape index (κ1) is 21.1. The van der Waals surface area contributed by atoms with Crippen molar-refractivity contribution in [2.75, 3.05) is 25.5 Å². The Morgan fingerprint density at radius 2 is 2.00 bits per heavy atom. The predicted octanol–water partition coefficient (Wildman–Crippen LogP) is 2.18. The molecule has 1 aromatic heterocycles. The molecule has 0 unspecified atom stereocenters. The van der Waals surface area contributed by atoms with Crippen LogP contribution in [0.3, 0.4) is 0 Å². The summed E-state index contributed by atoms with van der Waals surface area (Å²) in [4.78, 5) is 24.5. The van der Waals surface area contributed by atoms with Gasteiger partial charge in [-0.25, -0.2) is 13.2 Å². The molecule has 1 atom stereocenters. The molecule has 0 radical (unpaired) electrons. The van der Waals surface area contributed by atoms with Crippen molar-refractivity contribution in [2.24, 2.45) is 13.0 Å². The highest BCUT2D eigenvalue weighted by molar-refractivity contribution is 7.89. The van der Waals surface area contributed by atoms with Gasteiger partial charge in [0.2, 0.25) is 15.9 Å². The number of piperidine rings is 1. The monoisotopic (exact) mass is 445 g/mol. The van der Waals surface area contributed by atoms with Crippen molar-refractivity contribution in [1.82, 2.24) is 8.87 Å². The Bertz CT molecular complexity index is 1290. The number of benzene rings is 2. The SMILES string of the molecule is COc1ccccc1NC(=O)[C@@H]1CCCN(S(=O)(=O)c2ccc3c(c2)oc(=O)n3C)C1. The molecule has 1 fully saturated rings. The molecule has 9 nitrogen and oxygen atoms in total. The normalized spacial score (nSPS) is 17.5. The number of carbonyl (C=O) groups is 1. The summed E-state index contributed by atoms with van der Waals surface area (Å²) in [6.45, 7) is 0.387. The van der Waals surface area contributed by atoms with Crippen LogP contribution in [0.4, 0.5) is 5.69 Å². The molecule has 1 amide bonds. The maximum absolute atomic E-state index is 13.2. The van der Waals surface area contributed by atoms with E-state index in [0.29, 0.717) is 36.3 Å². The zero-order valence-electron chi connectivity index (χ0n) is 17.2. The number of aromatic nitrogens is 1. The van der Waals surface area contributed by atoms with Crippen molar-refractivity contribution in [3.05, 3.63) is 53.0 Å². The first-order valence-corrected chi connectivity index (χ1v) is 11.3. The van der Waals surface area contributed by atoms with Crippen LogP contribution in [0.5, 0.6) is 5.75 Å². The molecule has 2 aromatic carbocycles. The van der Waals surface area contributed by atoms with Crippen molar-refractivity contribution < 1.29 is 22.4 Å². The fourth-order valence-corrected chi connectivity index (χ4v) is 5.32. The van der Waals surface area contributed by atoms with Gasteiger partial charge in [-0.15, -0.1) is 0 Å². The first-order chi connectivity index (χ1) is 14.8. The van der Waals surface area contributed by atoms with Gasteiger partial charge in [-0.3, -0.25) is 9.36 Å². The number of aryl methyl sites for hydroxylation is 1. The van der Waals surface area contributed by atoms with Gasteiger partial charge in [-0.2, -0.15) is 4.31 Å². The number of fused-ring (bicyclic) bond motifs is 1. The summed E-state index contributed by atoms with van der Waals surface area (Å²) < 4.78 is 39.4. The van der Waals surface area contributed by atoms with Gasteiger partial charge >= 0.3 is 5.76 Å². The highest BCUT2D eigenvalue weighted by Crippen LogP contribution is 2.28. The smallest absolute Gasteiger partial charge is 0.419 e. The minimum Gasteiger partial charge on any atom is -0.495 e. The summed E-state index contributed by atoms with van der Waals surface area (Å²) in [5.41, 5.74) is 1.26. The molecule has 2 heterocycles. The number of nitrogens with one attached hydrogen (secondary N) is 1. The molecule has 1 aliphatic heterocycles. The fourth-order valence-electron chi connectivity index (χ4n) is 3.78. The average Bonchev–Trinajstić information content (AvgIpc) is 3.07. The third kappa shape index (κ3) is 3.96. The second-order valence-electron chi connectivity index (χ2n) is 7.45. The van der Waals surface area contributed by atoms with Gasteiger partial charge in [0, 0.05) is 26.2 Å². The van der Waals surface area contributed by atoms with E-state index in [0.717, 1.165) is 0 Å². The fraction of sp³-hybridized carbons (Fsp3) is 0.333. The van der Waals surface area contributed by atoms with Gasteiger partial charge in [0.1, 0.15) is 5.75 Å². The molecule has 10 heteroatoms. The van der Waals surface area contributed by atoms with E-state index in [1.165, 1.54) is 28.1 Å². The number of carbonyl (C=O) groups excluding carboxylic acids is 1. The summed E-state index contributed by atoms with van der Waals surface area (Å²) in [5.74, 6) is -0.773. The van der Waals surface area contributed by atoms with Crippen LogP contribution in [-0.2, 0) is 21.9 Å². The Labute approximate surface area is 179 Å². The lowest BCUT2D eigenvalue weighted by Gasteiger charge is -2.31. The quantitative estimate of drug-likeness (QED) is 0.644. The number of amides is 1. The Balaban J connectivity index is 1.54. The molecule has 4 rings (SSSR count). The van der Waals surface area contributed by atoms with Gasteiger partial charge in [-0.1, -0.05) is 12.1 Å². The lowest BCUT2D eigenvalue weighted by atomic mass is 9.98. The summed E-state index contributed by atoms with van der Waals surface area (Å²) in [6, 6.07) is 11.4. The maximum atomic E-state index is 13.2. The largest absolute Gasteiger partial charge is 0.495 e.